The van der Waals surface area contributed by atoms with Crippen molar-refractivity contribution >= 4 is 35.0 Å². The van der Waals surface area contributed by atoms with E-state index >= 15 is 0 Å². The van der Waals surface area contributed by atoms with Crippen LogP contribution in [0.25, 0.3) is 0 Å². The molecule has 0 aliphatic carbocycles. The van der Waals surface area contributed by atoms with Crippen LogP contribution in [0.5, 0.6) is 0 Å². The first-order valence-corrected chi connectivity index (χ1v) is 6.58. The first-order valence-electron chi connectivity index (χ1n) is 5.32. The number of aldehydes is 1. The molecule has 0 spiro atoms. The van der Waals surface area contributed by atoms with Crippen LogP contribution in [0.4, 0.5) is 5.82 Å². The lowest BCUT2D eigenvalue weighted by molar-refractivity contribution is 0.112. The van der Waals surface area contributed by atoms with Crippen molar-refractivity contribution in [2.24, 2.45) is 0 Å². The first-order chi connectivity index (χ1) is 8.70. The summed E-state index contributed by atoms with van der Waals surface area (Å²) in [5.41, 5.74) is 0.293. The van der Waals surface area contributed by atoms with E-state index in [4.69, 9.17) is 11.6 Å². The Morgan fingerprint density at radius 3 is 3.00 bits per heavy atom. The maximum Gasteiger partial charge on any atom is 0.156 e. The van der Waals surface area contributed by atoms with Gasteiger partial charge in [0.2, 0.25) is 0 Å². The fourth-order valence-corrected chi connectivity index (χ4v) is 2.33. The molecule has 1 N–H and O–H groups in total. The lowest BCUT2D eigenvalue weighted by Gasteiger charge is -2.08. The van der Waals surface area contributed by atoms with E-state index in [2.05, 4.69) is 20.3 Å². The third kappa shape index (κ3) is 3.02. The SMILES string of the molecule is Cc1nc(Cl)c(C=O)c(NCCc2nccs2)n1. The zero-order valence-corrected chi connectivity index (χ0v) is 11.3. The van der Waals surface area contributed by atoms with Gasteiger partial charge in [0, 0.05) is 24.5 Å². The van der Waals surface area contributed by atoms with Crippen LogP contribution in [-0.4, -0.2) is 27.8 Å². The summed E-state index contributed by atoms with van der Waals surface area (Å²) in [5.74, 6) is 1.00. The highest BCUT2D eigenvalue weighted by atomic mass is 35.5. The van der Waals surface area contributed by atoms with Gasteiger partial charge in [0.1, 0.15) is 16.8 Å². The van der Waals surface area contributed by atoms with Crippen molar-refractivity contribution in [1.82, 2.24) is 15.0 Å². The van der Waals surface area contributed by atoms with Crippen molar-refractivity contribution in [1.29, 1.82) is 0 Å². The number of nitrogens with one attached hydrogen (secondary N) is 1. The van der Waals surface area contributed by atoms with Gasteiger partial charge in [-0.15, -0.1) is 11.3 Å². The number of aryl methyl sites for hydroxylation is 1. The average Bonchev–Trinajstić information content (AvgIpc) is 2.81. The first kappa shape index (κ1) is 12.9. The Bertz CT molecular complexity index is 544. The summed E-state index contributed by atoms with van der Waals surface area (Å²) in [6, 6.07) is 0. The van der Waals surface area contributed by atoms with E-state index in [0.29, 0.717) is 30.0 Å². The van der Waals surface area contributed by atoms with Gasteiger partial charge in [0.15, 0.2) is 6.29 Å². The number of rotatable bonds is 5. The van der Waals surface area contributed by atoms with E-state index in [1.807, 2.05) is 5.38 Å². The Balaban J connectivity index is 2.06. The van der Waals surface area contributed by atoms with Crippen molar-refractivity contribution < 1.29 is 4.79 Å². The van der Waals surface area contributed by atoms with Crippen LogP contribution in [0.2, 0.25) is 5.15 Å². The maximum atomic E-state index is 10.9. The summed E-state index contributed by atoms with van der Waals surface area (Å²) < 4.78 is 0. The summed E-state index contributed by atoms with van der Waals surface area (Å²) in [7, 11) is 0. The summed E-state index contributed by atoms with van der Waals surface area (Å²) in [6.45, 7) is 2.37. The number of carbonyl (C=O) groups excluding carboxylic acids is 1. The average molecular weight is 283 g/mol. The molecule has 0 bridgehead atoms. The highest BCUT2D eigenvalue weighted by molar-refractivity contribution is 7.09. The van der Waals surface area contributed by atoms with Crippen LogP contribution in [0.3, 0.4) is 0 Å². The van der Waals surface area contributed by atoms with Crippen LogP contribution < -0.4 is 5.32 Å². The largest absolute Gasteiger partial charge is 0.369 e. The fraction of sp³-hybridized carbons (Fsp3) is 0.273. The molecule has 7 heteroatoms. The molecular weight excluding hydrogens is 272 g/mol. The molecule has 0 fully saturated rings. The molecule has 2 rings (SSSR count). The van der Waals surface area contributed by atoms with E-state index in [9.17, 15) is 4.79 Å². The smallest absolute Gasteiger partial charge is 0.156 e. The summed E-state index contributed by atoms with van der Waals surface area (Å²) in [6.07, 6.45) is 3.20. The Hall–Kier alpha value is -1.53. The molecule has 0 atom stereocenters. The second-order valence-electron chi connectivity index (χ2n) is 3.54. The van der Waals surface area contributed by atoms with E-state index in [1.165, 1.54) is 0 Å². The second kappa shape index (κ2) is 5.88. The lowest BCUT2D eigenvalue weighted by Crippen LogP contribution is -2.10. The van der Waals surface area contributed by atoms with E-state index in [-0.39, 0.29) is 5.15 Å². The van der Waals surface area contributed by atoms with Gasteiger partial charge in [-0.2, -0.15) is 0 Å². The van der Waals surface area contributed by atoms with Gasteiger partial charge < -0.3 is 5.32 Å². The van der Waals surface area contributed by atoms with Gasteiger partial charge in [-0.1, -0.05) is 11.6 Å². The van der Waals surface area contributed by atoms with Crippen LogP contribution in [0.15, 0.2) is 11.6 Å². The highest BCUT2D eigenvalue weighted by Crippen LogP contribution is 2.19. The zero-order valence-electron chi connectivity index (χ0n) is 9.68. The number of carbonyl (C=O) groups is 1. The molecule has 2 heterocycles. The molecule has 0 amide bonds. The minimum Gasteiger partial charge on any atom is -0.369 e. The molecule has 0 saturated heterocycles. The molecule has 0 radical (unpaired) electrons. The monoisotopic (exact) mass is 282 g/mol. The Morgan fingerprint density at radius 2 is 2.33 bits per heavy atom. The highest BCUT2D eigenvalue weighted by Gasteiger charge is 2.10. The molecular formula is C11H11ClN4OS. The molecule has 0 aromatic carbocycles. The van der Waals surface area contributed by atoms with E-state index in [0.717, 1.165) is 11.4 Å². The Labute approximate surface area is 113 Å². The molecule has 18 heavy (non-hydrogen) atoms. The van der Waals surface area contributed by atoms with Crippen molar-refractivity contribution in [2.45, 2.75) is 13.3 Å². The number of hydrogen-bond donors (Lipinski definition) is 1. The topological polar surface area (TPSA) is 67.8 Å². The molecule has 0 saturated carbocycles. The number of hydrogen-bond acceptors (Lipinski definition) is 6. The predicted octanol–water partition coefficient (Wildman–Crippen LogP) is 2.36. The normalized spacial score (nSPS) is 10.3. The fourth-order valence-electron chi connectivity index (χ4n) is 1.45. The number of anilines is 1. The number of thiazole rings is 1. The van der Waals surface area contributed by atoms with Gasteiger partial charge in [0.05, 0.1) is 10.6 Å². The number of halogens is 1. The second-order valence-corrected chi connectivity index (χ2v) is 4.88. The Morgan fingerprint density at radius 1 is 1.50 bits per heavy atom. The van der Waals surface area contributed by atoms with Crippen LogP contribution >= 0.6 is 22.9 Å². The van der Waals surface area contributed by atoms with Gasteiger partial charge in [0.25, 0.3) is 0 Å². The third-order valence-electron chi connectivity index (χ3n) is 2.24. The van der Waals surface area contributed by atoms with Crippen molar-refractivity contribution in [3.63, 3.8) is 0 Å². The lowest BCUT2D eigenvalue weighted by atomic mass is 10.3. The van der Waals surface area contributed by atoms with Crippen molar-refractivity contribution in [3.05, 3.63) is 33.1 Å². The predicted molar refractivity (Wildman–Crippen MR) is 71.5 cm³/mol. The molecule has 94 valence electrons. The van der Waals surface area contributed by atoms with Gasteiger partial charge in [-0.25, -0.2) is 15.0 Å². The van der Waals surface area contributed by atoms with E-state index in [1.54, 1.807) is 24.5 Å². The molecule has 0 unspecified atom stereocenters. The van der Waals surface area contributed by atoms with Gasteiger partial charge >= 0.3 is 0 Å². The number of aromatic nitrogens is 3. The summed E-state index contributed by atoms with van der Waals surface area (Å²) in [5, 5.41) is 6.22. The van der Waals surface area contributed by atoms with Crippen LogP contribution in [0.1, 0.15) is 21.2 Å². The van der Waals surface area contributed by atoms with Crippen molar-refractivity contribution in [2.75, 3.05) is 11.9 Å². The molecule has 0 aliphatic heterocycles. The molecule has 2 aromatic heterocycles. The minimum absolute atomic E-state index is 0.175. The van der Waals surface area contributed by atoms with Crippen LogP contribution in [-0.2, 0) is 6.42 Å². The van der Waals surface area contributed by atoms with Crippen LogP contribution in [0, 0.1) is 6.92 Å². The molecule has 0 aliphatic rings. The zero-order chi connectivity index (χ0) is 13.0. The number of nitrogens with zero attached hydrogens (tertiary/aromatic N) is 3. The van der Waals surface area contributed by atoms with E-state index < -0.39 is 0 Å². The third-order valence-corrected chi connectivity index (χ3v) is 3.37. The van der Waals surface area contributed by atoms with Gasteiger partial charge in [-0.3, -0.25) is 4.79 Å². The molecule has 2 aromatic rings. The summed E-state index contributed by atoms with van der Waals surface area (Å²) in [4.78, 5) is 23.2. The Kier molecular flexibility index (Phi) is 4.22. The quantitative estimate of drug-likeness (QED) is 0.673. The minimum atomic E-state index is 0.175. The maximum absolute atomic E-state index is 10.9. The summed E-state index contributed by atoms with van der Waals surface area (Å²) >= 11 is 7.48. The van der Waals surface area contributed by atoms with Crippen molar-refractivity contribution in [3.8, 4) is 0 Å². The molecule has 5 nitrogen and oxygen atoms in total. The standard InChI is InChI=1S/C11H11ClN4OS/c1-7-15-10(12)8(6-17)11(16-7)14-3-2-9-13-4-5-18-9/h4-6H,2-3H2,1H3,(H,14,15,16). The van der Waals surface area contributed by atoms with Gasteiger partial charge in [-0.05, 0) is 6.92 Å².